The molecule has 2 rings (SSSR count). The Hall–Kier alpha value is 0.170. The van der Waals surface area contributed by atoms with E-state index in [0.717, 1.165) is 12.8 Å². The van der Waals surface area contributed by atoms with Crippen molar-refractivity contribution in [2.45, 2.75) is 43.4 Å². The molecule has 124 valence electrons. The summed E-state index contributed by atoms with van der Waals surface area (Å²) in [5.41, 5.74) is 0. The van der Waals surface area contributed by atoms with E-state index in [1.54, 1.807) is 13.8 Å². The van der Waals surface area contributed by atoms with Gasteiger partial charge in [0.2, 0.25) is 10.0 Å². The zero-order valence-electron chi connectivity index (χ0n) is 12.5. The first-order valence-electron chi connectivity index (χ1n) is 7.32. The predicted octanol–water partition coefficient (Wildman–Crippen LogP) is 0.266. The van der Waals surface area contributed by atoms with Gasteiger partial charge in [0, 0.05) is 36.4 Å². The fraction of sp³-hybridized carbons (Fsp3) is 1.00. The summed E-state index contributed by atoms with van der Waals surface area (Å²) in [6.07, 6.45) is 2.19. The maximum atomic E-state index is 12.7. The molecule has 1 saturated heterocycles. The molecule has 2 unspecified atom stereocenters. The monoisotopic (exact) mass is 356 g/mol. The van der Waals surface area contributed by atoms with Crippen molar-refractivity contribution in [1.29, 1.82) is 0 Å². The quantitative estimate of drug-likeness (QED) is 0.705. The van der Waals surface area contributed by atoms with Crippen LogP contribution in [0.25, 0.3) is 0 Å². The minimum Gasteiger partial charge on any atom is -0.313 e. The van der Waals surface area contributed by atoms with Crippen LogP contribution < -0.4 is 5.32 Å². The Kier molecular flexibility index (Phi) is 5.62. The van der Waals surface area contributed by atoms with Gasteiger partial charge >= 0.3 is 0 Å². The summed E-state index contributed by atoms with van der Waals surface area (Å²) in [5, 5.41) is 1.70. The number of hydrogen-bond donors (Lipinski definition) is 1. The Morgan fingerprint density at radius 3 is 2.52 bits per heavy atom. The zero-order valence-corrected chi connectivity index (χ0v) is 14.9. The molecular formula is C12H24N2O4S3. The van der Waals surface area contributed by atoms with E-state index < -0.39 is 30.5 Å². The van der Waals surface area contributed by atoms with Crippen LogP contribution in [0.15, 0.2) is 0 Å². The second-order valence-electron chi connectivity index (χ2n) is 5.63. The summed E-state index contributed by atoms with van der Waals surface area (Å²) in [4.78, 5) is 0. The molecule has 0 aromatic carbocycles. The van der Waals surface area contributed by atoms with Crippen LogP contribution in [0.4, 0.5) is 0 Å². The highest BCUT2D eigenvalue weighted by atomic mass is 32.2. The topological polar surface area (TPSA) is 83.6 Å². The highest BCUT2D eigenvalue weighted by Gasteiger charge is 2.42. The lowest BCUT2D eigenvalue weighted by molar-refractivity contribution is 0.396. The largest absolute Gasteiger partial charge is 0.313 e. The molecule has 0 radical (unpaired) electrons. The SMILES string of the molecule is CCS(=O)(=O)C1CSCCN1S(=O)(=O)C(C)CNC1CC1. The van der Waals surface area contributed by atoms with Crippen molar-refractivity contribution in [3.63, 3.8) is 0 Å². The molecule has 0 bridgehead atoms. The summed E-state index contributed by atoms with van der Waals surface area (Å²) in [6, 6.07) is 0.440. The molecule has 1 saturated carbocycles. The third kappa shape index (κ3) is 4.13. The molecule has 1 aliphatic carbocycles. The number of rotatable bonds is 7. The first-order valence-corrected chi connectivity index (χ1v) is 11.7. The van der Waals surface area contributed by atoms with Crippen LogP contribution in [0.1, 0.15) is 26.7 Å². The van der Waals surface area contributed by atoms with Gasteiger partial charge in [-0.3, -0.25) is 0 Å². The van der Waals surface area contributed by atoms with Crippen molar-refractivity contribution in [3.8, 4) is 0 Å². The van der Waals surface area contributed by atoms with Crippen molar-refractivity contribution in [2.75, 3.05) is 30.3 Å². The molecule has 0 aromatic heterocycles. The summed E-state index contributed by atoms with van der Waals surface area (Å²) in [6.45, 7) is 3.89. The standard InChI is InChI=1S/C12H24N2O4S3/c1-3-20(15,16)12-9-19-7-6-14(12)21(17,18)10(2)8-13-11-4-5-11/h10-13H,3-9H2,1-2H3. The van der Waals surface area contributed by atoms with E-state index in [9.17, 15) is 16.8 Å². The first kappa shape index (κ1) is 17.5. The van der Waals surface area contributed by atoms with Gasteiger partial charge in [0.25, 0.3) is 0 Å². The van der Waals surface area contributed by atoms with E-state index in [4.69, 9.17) is 0 Å². The smallest absolute Gasteiger partial charge is 0.219 e. The molecule has 2 fully saturated rings. The van der Waals surface area contributed by atoms with Gasteiger partial charge < -0.3 is 5.32 Å². The van der Waals surface area contributed by atoms with Gasteiger partial charge in [-0.25, -0.2) is 16.8 Å². The molecule has 21 heavy (non-hydrogen) atoms. The van der Waals surface area contributed by atoms with Crippen LogP contribution in [0.3, 0.4) is 0 Å². The molecule has 1 heterocycles. The molecule has 1 aliphatic heterocycles. The number of sulfone groups is 1. The molecular weight excluding hydrogens is 332 g/mol. The van der Waals surface area contributed by atoms with Gasteiger partial charge in [0.1, 0.15) is 5.37 Å². The van der Waals surface area contributed by atoms with E-state index >= 15 is 0 Å². The second kappa shape index (κ2) is 6.74. The molecule has 1 N–H and O–H groups in total. The number of sulfonamides is 1. The van der Waals surface area contributed by atoms with Gasteiger partial charge in [-0.05, 0) is 19.8 Å². The van der Waals surface area contributed by atoms with Gasteiger partial charge in [-0.15, -0.1) is 0 Å². The maximum absolute atomic E-state index is 12.7. The zero-order chi connectivity index (χ0) is 15.7. The lowest BCUT2D eigenvalue weighted by Gasteiger charge is -2.35. The Balaban J connectivity index is 2.14. The fourth-order valence-corrected chi connectivity index (χ4v) is 7.61. The van der Waals surface area contributed by atoms with E-state index in [2.05, 4.69) is 5.32 Å². The maximum Gasteiger partial charge on any atom is 0.219 e. The van der Waals surface area contributed by atoms with Gasteiger partial charge in [0.05, 0.1) is 5.25 Å². The number of nitrogens with zero attached hydrogens (tertiary/aromatic N) is 1. The van der Waals surface area contributed by atoms with Crippen LogP contribution >= 0.6 is 11.8 Å². The fourth-order valence-electron chi connectivity index (χ4n) is 2.29. The Morgan fingerprint density at radius 2 is 1.95 bits per heavy atom. The summed E-state index contributed by atoms with van der Waals surface area (Å²) in [7, 11) is -6.99. The minimum absolute atomic E-state index is 0.0288. The summed E-state index contributed by atoms with van der Waals surface area (Å²) in [5.74, 6) is 0.953. The Bertz CT molecular complexity index is 557. The third-order valence-electron chi connectivity index (χ3n) is 3.96. The Morgan fingerprint density at radius 1 is 1.29 bits per heavy atom. The van der Waals surface area contributed by atoms with Gasteiger partial charge in [-0.2, -0.15) is 16.1 Å². The van der Waals surface area contributed by atoms with Crippen LogP contribution in [-0.4, -0.2) is 68.2 Å². The average molecular weight is 357 g/mol. The second-order valence-corrected chi connectivity index (χ2v) is 11.5. The Labute approximate surface area is 132 Å². The first-order chi connectivity index (χ1) is 9.79. The van der Waals surface area contributed by atoms with Crippen molar-refractivity contribution in [3.05, 3.63) is 0 Å². The van der Waals surface area contributed by atoms with Gasteiger partial charge in [-0.1, -0.05) is 6.92 Å². The van der Waals surface area contributed by atoms with Crippen molar-refractivity contribution in [1.82, 2.24) is 9.62 Å². The van der Waals surface area contributed by atoms with E-state index in [0.29, 0.717) is 24.1 Å². The van der Waals surface area contributed by atoms with Crippen molar-refractivity contribution >= 4 is 31.6 Å². The van der Waals surface area contributed by atoms with E-state index in [1.807, 2.05) is 0 Å². The summed E-state index contributed by atoms with van der Waals surface area (Å²) < 4.78 is 51.0. The predicted molar refractivity (Wildman–Crippen MR) is 86.7 cm³/mol. The average Bonchev–Trinajstić information content (AvgIpc) is 3.28. The molecule has 0 spiro atoms. The van der Waals surface area contributed by atoms with Crippen molar-refractivity contribution < 1.29 is 16.8 Å². The van der Waals surface area contributed by atoms with Crippen LogP contribution in [-0.2, 0) is 19.9 Å². The van der Waals surface area contributed by atoms with Crippen molar-refractivity contribution in [2.24, 2.45) is 0 Å². The molecule has 2 aliphatic rings. The molecule has 0 aromatic rings. The van der Waals surface area contributed by atoms with Crippen LogP contribution in [0.5, 0.6) is 0 Å². The highest BCUT2D eigenvalue weighted by Crippen LogP contribution is 2.26. The third-order valence-corrected chi connectivity index (χ3v) is 9.66. The lowest BCUT2D eigenvalue weighted by atomic mass is 10.4. The van der Waals surface area contributed by atoms with Crippen LogP contribution in [0.2, 0.25) is 0 Å². The van der Waals surface area contributed by atoms with E-state index in [-0.39, 0.29) is 12.3 Å². The molecule has 2 atom stereocenters. The number of hydrogen-bond acceptors (Lipinski definition) is 6. The molecule has 6 nitrogen and oxygen atoms in total. The number of thioether (sulfide) groups is 1. The lowest BCUT2D eigenvalue weighted by Crippen LogP contribution is -2.54. The summed E-state index contributed by atoms with van der Waals surface area (Å²) >= 11 is 1.50. The molecule has 9 heteroatoms. The van der Waals surface area contributed by atoms with Gasteiger partial charge in [0.15, 0.2) is 9.84 Å². The molecule has 0 amide bonds. The number of nitrogens with one attached hydrogen (secondary N) is 1. The van der Waals surface area contributed by atoms with E-state index in [1.165, 1.54) is 16.1 Å². The normalized spacial score (nSPS) is 26.7. The highest BCUT2D eigenvalue weighted by molar-refractivity contribution is 8.01. The van der Waals surface area contributed by atoms with Crippen LogP contribution in [0, 0.1) is 0 Å². The minimum atomic E-state index is -3.59.